The number of rotatable bonds is 2. The number of nitrogens with zero attached hydrogens (tertiary/aromatic N) is 3. The van der Waals surface area contributed by atoms with Crippen molar-refractivity contribution in [2.75, 3.05) is 0 Å². The van der Waals surface area contributed by atoms with Crippen molar-refractivity contribution in [2.45, 2.75) is 25.2 Å². The smallest absolute Gasteiger partial charge is 0.149 e. The van der Waals surface area contributed by atoms with Crippen LogP contribution in [0.1, 0.15) is 34.9 Å². The van der Waals surface area contributed by atoms with E-state index in [0.717, 1.165) is 18.4 Å². The van der Waals surface area contributed by atoms with Crippen molar-refractivity contribution in [3.8, 4) is 6.07 Å². The molecule has 0 bridgehead atoms. The van der Waals surface area contributed by atoms with Gasteiger partial charge in [0, 0.05) is 12.4 Å². The first-order valence-corrected chi connectivity index (χ1v) is 6.17. The third kappa shape index (κ3) is 1.86. The van der Waals surface area contributed by atoms with Crippen LogP contribution in [0.2, 0.25) is 0 Å². The number of nitriles is 1. The molecule has 1 heterocycles. The summed E-state index contributed by atoms with van der Waals surface area (Å²) < 4.78 is 0. The van der Waals surface area contributed by atoms with Crippen molar-refractivity contribution >= 4 is 0 Å². The second-order valence-corrected chi connectivity index (χ2v) is 4.55. The molecule has 1 aromatic carbocycles. The van der Waals surface area contributed by atoms with Crippen molar-refractivity contribution < 1.29 is 0 Å². The van der Waals surface area contributed by atoms with E-state index in [1.807, 2.05) is 6.07 Å². The molecule has 0 amide bonds. The van der Waals surface area contributed by atoms with Crippen LogP contribution < -0.4 is 0 Å². The van der Waals surface area contributed by atoms with E-state index in [1.165, 1.54) is 17.5 Å². The molecule has 0 spiro atoms. The Bertz CT molecular complexity index is 599. The van der Waals surface area contributed by atoms with Gasteiger partial charge in [-0.1, -0.05) is 18.2 Å². The van der Waals surface area contributed by atoms with E-state index in [1.54, 1.807) is 18.5 Å². The maximum absolute atomic E-state index is 9.35. The number of aromatic nitrogens is 2. The maximum Gasteiger partial charge on any atom is 0.149 e. The van der Waals surface area contributed by atoms with Gasteiger partial charge in [0.1, 0.15) is 11.7 Å². The molecule has 3 nitrogen and oxygen atoms in total. The second kappa shape index (κ2) is 4.58. The number of benzene rings is 1. The lowest BCUT2D eigenvalue weighted by Gasteiger charge is -2.09. The van der Waals surface area contributed by atoms with Crippen molar-refractivity contribution in [3.05, 3.63) is 59.2 Å². The van der Waals surface area contributed by atoms with E-state index < -0.39 is 0 Å². The van der Waals surface area contributed by atoms with Crippen molar-refractivity contribution in [1.82, 2.24) is 9.97 Å². The molecule has 18 heavy (non-hydrogen) atoms. The van der Waals surface area contributed by atoms with E-state index in [4.69, 9.17) is 0 Å². The summed E-state index contributed by atoms with van der Waals surface area (Å²) in [4.78, 5) is 8.37. The summed E-state index contributed by atoms with van der Waals surface area (Å²) >= 11 is 0. The van der Waals surface area contributed by atoms with Gasteiger partial charge in [0.25, 0.3) is 0 Å². The first kappa shape index (κ1) is 10.9. The summed E-state index contributed by atoms with van der Waals surface area (Å²) in [5.74, 6) is 0.218. The standard InChI is InChI=1S/C15H13N3/c16-10-14(15-17-7-2-8-18-15)13-6-5-11-3-1-4-12(11)9-13/h2,5-9,14H,1,3-4H2. The summed E-state index contributed by atoms with van der Waals surface area (Å²) in [5.41, 5.74) is 3.80. The van der Waals surface area contributed by atoms with E-state index in [2.05, 4.69) is 28.2 Å². The minimum Gasteiger partial charge on any atom is -0.240 e. The molecule has 1 aliphatic rings. The van der Waals surface area contributed by atoms with Crippen molar-refractivity contribution in [2.24, 2.45) is 0 Å². The minimum absolute atomic E-state index is 0.364. The normalized spacial score (nSPS) is 14.8. The fourth-order valence-electron chi connectivity index (χ4n) is 2.51. The lowest BCUT2D eigenvalue weighted by molar-refractivity contribution is 0.886. The SMILES string of the molecule is N#CC(c1ccc2c(c1)CCC2)c1ncccn1. The van der Waals surface area contributed by atoms with Crippen molar-refractivity contribution in [3.63, 3.8) is 0 Å². The molecule has 3 heteroatoms. The summed E-state index contributed by atoms with van der Waals surface area (Å²) in [6, 6.07) is 10.4. The Balaban J connectivity index is 2.01. The maximum atomic E-state index is 9.35. The van der Waals surface area contributed by atoms with Crippen LogP contribution >= 0.6 is 0 Å². The van der Waals surface area contributed by atoms with Gasteiger partial charge in [0.2, 0.25) is 0 Å². The fourth-order valence-corrected chi connectivity index (χ4v) is 2.51. The average Bonchev–Trinajstić information content (AvgIpc) is 2.88. The van der Waals surface area contributed by atoms with Crippen LogP contribution in [0.5, 0.6) is 0 Å². The number of hydrogen-bond acceptors (Lipinski definition) is 3. The van der Waals surface area contributed by atoms with Gasteiger partial charge in [-0.05, 0) is 42.0 Å². The van der Waals surface area contributed by atoms with Gasteiger partial charge in [-0.25, -0.2) is 9.97 Å². The Kier molecular flexibility index (Phi) is 2.77. The van der Waals surface area contributed by atoms with Crippen molar-refractivity contribution in [1.29, 1.82) is 5.26 Å². The highest BCUT2D eigenvalue weighted by molar-refractivity contribution is 5.40. The zero-order valence-electron chi connectivity index (χ0n) is 10.0. The van der Waals surface area contributed by atoms with Gasteiger partial charge in [0.15, 0.2) is 0 Å². The number of hydrogen-bond donors (Lipinski definition) is 0. The predicted molar refractivity (Wildman–Crippen MR) is 68.0 cm³/mol. The van der Waals surface area contributed by atoms with Crippen LogP contribution in [-0.4, -0.2) is 9.97 Å². The highest BCUT2D eigenvalue weighted by atomic mass is 14.9. The summed E-state index contributed by atoms with van der Waals surface area (Å²) in [6.45, 7) is 0. The van der Waals surface area contributed by atoms with E-state index in [9.17, 15) is 5.26 Å². The zero-order valence-corrected chi connectivity index (χ0v) is 10.0. The minimum atomic E-state index is -0.364. The first-order chi connectivity index (χ1) is 8.88. The number of aryl methyl sites for hydroxylation is 2. The Morgan fingerprint density at radius 3 is 2.67 bits per heavy atom. The van der Waals surface area contributed by atoms with Gasteiger partial charge in [-0.15, -0.1) is 0 Å². The van der Waals surface area contributed by atoms with Gasteiger partial charge >= 0.3 is 0 Å². The van der Waals surface area contributed by atoms with Crippen LogP contribution in [0.25, 0.3) is 0 Å². The molecule has 0 N–H and O–H groups in total. The Morgan fingerprint density at radius 2 is 1.89 bits per heavy atom. The number of fused-ring (bicyclic) bond motifs is 1. The van der Waals surface area contributed by atoms with Gasteiger partial charge in [-0.3, -0.25) is 0 Å². The zero-order chi connectivity index (χ0) is 12.4. The monoisotopic (exact) mass is 235 g/mol. The van der Waals surface area contributed by atoms with E-state index >= 15 is 0 Å². The third-order valence-electron chi connectivity index (χ3n) is 3.43. The lowest BCUT2D eigenvalue weighted by atomic mass is 9.96. The molecule has 1 aliphatic carbocycles. The predicted octanol–water partition coefficient (Wildman–Crippen LogP) is 2.62. The highest BCUT2D eigenvalue weighted by Crippen LogP contribution is 2.27. The van der Waals surface area contributed by atoms with E-state index in [-0.39, 0.29) is 5.92 Å². The average molecular weight is 235 g/mol. The van der Waals surface area contributed by atoms with Gasteiger partial charge in [-0.2, -0.15) is 5.26 Å². The Hall–Kier alpha value is -2.21. The molecule has 0 saturated carbocycles. The quantitative estimate of drug-likeness (QED) is 0.804. The molecular weight excluding hydrogens is 222 g/mol. The molecular formula is C15H13N3. The molecule has 88 valence electrons. The topological polar surface area (TPSA) is 49.6 Å². The molecule has 3 rings (SSSR count). The summed E-state index contributed by atoms with van der Waals surface area (Å²) in [6.07, 6.45) is 6.86. The van der Waals surface area contributed by atoms with Gasteiger partial charge < -0.3 is 0 Å². The molecule has 0 aliphatic heterocycles. The molecule has 0 radical (unpaired) electrons. The van der Waals surface area contributed by atoms with E-state index in [0.29, 0.717) is 5.82 Å². The molecule has 1 atom stereocenters. The largest absolute Gasteiger partial charge is 0.240 e. The first-order valence-electron chi connectivity index (χ1n) is 6.17. The Labute approximate surface area is 106 Å². The van der Waals surface area contributed by atoms with Crippen LogP contribution in [0.4, 0.5) is 0 Å². The molecule has 2 aromatic rings. The molecule has 1 aromatic heterocycles. The molecule has 0 fully saturated rings. The second-order valence-electron chi connectivity index (χ2n) is 4.55. The molecule has 0 saturated heterocycles. The highest BCUT2D eigenvalue weighted by Gasteiger charge is 2.19. The fraction of sp³-hybridized carbons (Fsp3) is 0.267. The molecule has 1 unspecified atom stereocenters. The lowest BCUT2D eigenvalue weighted by Crippen LogP contribution is -2.04. The van der Waals surface area contributed by atoms with Gasteiger partial charge in [0.05, 0.1) is 6.07 Å². The van der Waals surface area contributed by atoms with Crippen LogP contribution in [0, 0.1) is 11.3 Å². The van der Waals surface area contributed by atoms with Crippen LogP contribution in [0.3, 0.4) is 0 Å². The summed E-state index contributed by atoms with van der Waals surface area (Å²) in [7, 11) is 0. The van der Waals surface area contributed by atoms with Crippen LogP contribution in [-0.2, 0) is 12.8 Å². The Morgan fingerprint density at radius 1 is 1.11 bits per heavy atom. The van der Waals surface area contributed by atoms with Crippen LogP contribution in [0.15, 0.2) is 36.7 Å². The third-order valence-corrected chi connectivity index (χ3v) is 3.43. The summed E-state index contributed by atoms with van der Waals surface area (Å²) in [5, 5.41) is 9.35.